The Hall–Kier alpha value is -2.51. The van der Waals surface area contributed by atoms with Gasteiger partial charge in [0.25, 0.3) is 0 Å². The molecule has 1 aromatic heterocycles. The van der Waals surface area contributed by atoms with Gasteiger partial charge in [-0.2, -0.15) is 0 Å². The fourth-order valence-corrected chi connectivity index (χ4v) is 3.67. The number of ether oxygens (including phenoxy) is 3. The normalized spacial score (nSPS) is 15.6. The standard InChI is InChI=1S/C22H26ClNO6/c1-22(2,3)20-12-30-18-10-19(29-7-5-6-28-4)15(23)8-13(18)16-9-17(25)14(21(26)27)11-24(16)20/h8-11,20H,5-7,12H2,1-4H3,(H,26,27). The van der Waals surface area contributed by atoms with Crippen LogP contribution in [0.15, 0.2) is 29.2 Å². The number of nitrogens with zero attached hydrogens (tertiary/aromatic N) is 1. The van der Waals surface area contributed by atoms with Gasteiger partial charge in [-0.1, -0.05) is 32.4 Å². The van der Waals surface area contributed by atoms with Crippen LogP contribution in [0.5, 0.6) is 11.5 Å². The van der Waals surface area contributed by atoms with Crippen molar-refractivity contribution in [1.82, 2.24) is 4.57 Å². The molecule has 0 radical (unpaired) electrons. The highest BCUT2D eigenvalue weighted by atomic mass is 35.5. The Kier molecular flexibility index (Phi) is 6.43. The van der Waals surface area contributed by atoms with Crippen LogP contribution in [0.1, 0.15) is 43.6 Å². The zero-order chi connectivity index (χ0) is 22.1. The van der Waals surface area contributed by atoms with Crippen molar-refractivity contribution in [3.05, 3.63) is 45.2 Å². The van der Waals surface area contributed by atoms with E-state index in [4.69, 9.17) is 25.8 Å². The Balaban J connectivity index is 2.13. The highest BCUT2D eigenvalue weighted by Gasteiger charge is 2.33. The first kappa shape index (κ1) is 22.2. The summed E-state index contributed by atoms with van der Waals surface area (Å²) in [4.78, 5) is 24.0. The van der Waals surface area contributed by atoms with Gasteiger partial charge in [0.1, 0.15) is 23.7 Å². The van der Waals surface area contributed by atoms with Gasteiger partial charge in [-0.15, -0.1) is 0 Å². The third kappa shape index (κ3) is 4.47. The van der Waals surface area contributed by atoms with Crippen molar-refractivity contribution < 1.29 is 24.1 Å². The molecule has 1 atom stereocenters. The monoisotopic (exact) mass is 435 g/mol. The van der Waals surface area contributed by atoms with Crippen molar-refractivity contribution >= 4 is 17.6 Å². The first-order chi connectivity index (χ1) is 14.1. The number of carboxylic acid groups (broad SMARTS) is 1. The number of benzene rings is 1. The summed E-state index contributed by atoms with van der Waals surface area (Å²) in [6.07, 6.45) is 2.12. The Morgan fingerprint density at radius 3 is 2.67 bits per heavy atom. The molecule has 0 saturated carbocycles. The van der Waals surface area contributed by atoms with E-state index in [1.165, 1.54) is 12.3 Å². The van der Waals surface area contributed by atoms with Crippen molar-refractivity contribution in [3.63, 3.8) is 0 Å². The van der Waals surface area contributed by atoms with E-state index in [1.807, 2.05) is 25.3 Å². The van der Waals surface area contributed by atoms with E-state index in [9.17, 15) is 14.7 Å². The van der Waals surface area contributed by atoms with E-state index in [-0.39, 0.29) is 17.0 Å². The van der Waals surface area contributed by atoms with Gasteiger partial charge in [0.05, 0.1) is 23.4 Å². The van der Waals surface area contributed by atoms with Crippen LogP contribution in [0.3, 0.4) is 0 Å². The van der Waals surface area contributed by atoms with Crippen LogP contribution in [0.25, 0.3) is 11.3 Å². The van der Waals surface area contributed by atoms with Crippen molar-refractivity contribution in [1.29, 1.82) is 0 Å². The van der Waals surface area contributed by atoms with Crippen LogP contribution < -0.4 is 14.9 Å². The Morgan fingerprint density at radius 1 is 1.30 bits per heavy atom. The molecule has 1 aliphatic rings. The van der Waals surface area contributed by atoms with E-state index in [1.54, 1.807) is 19.2 Å². The lowest BCUT2D eigenvalue weighted by molar-refractivity contribution is 0.0693. The maximum atomic E-state index is 12.5. The average Bonchev–Trinajstić information content (AvgIpc) is 2.81. The molecule has 1 aromatic carbocycles. The summed E-state index contributed by atoms with van der Waals surface area (Å²) in [6.45, 7) is 7.43. The number of pyridine rings is 1. The van der Waals surface area contributed by atoms with E-state index in [0.29, 0.717) is 54.0 Å². The summed E-state index contributed by atoms with van der Waals surface area (Å²) in [6, 6.07) is 4.54. The van der Waals surface area contributed by atoms with E-state index in [2.05, 4.69) is 0 Å². The predicted octanol–water partition coefficient (Wildman–Crippen LogP) is 4.26. The summed E-state index contributed by atoms with van der Waals surface area (Å²) >= 11 is 6.45. The van der Waals surface area contributed by atoms with Crippen molar-refractivity contribution in [2.24, 2.45) is 5.41 Å². The molecule has 162 valence electrons. The largest absolute Gasteiger partial charge is 0.492 e. The van der Waals surface area contributed by atoms with Crippen LogP contribution in [0.4, 0.5) is 0 Å². The van der Waals surface area contributed by atoms with Gasteiger partial charge < -0.3 is 23.9 Å². The lowest BCUT2D eigenvalue weighted by atomic mass is 9.86. The zero-order valence-corrected chi connectivity index (χ0v) is 18.3. The molecule has 0 bridgehead atoms. The summed E-state index contributed by atoms with van der Waals surface area (Å²) in [5.74, 6) is -0.243. The first-order valence-electron chi connectivity index (χ1n) is 9.71. The number of halogens is 1. The topological polar surface area (TPSA) is 87.0 Å². The number of hydrogen-bond donors (Lipinski definition) is 1. The molecule has 3 rings (SSSR count). The second-order valence-corrected chi connectivity index (χ2v) is 8.72. The highest BCUT2D eigenvalue weighted by molar-refractivity contribution is 6.32. The molecule has 7 nitrogen and oxygen atoms in total. The van der Waals surface area contributed by atoms with E-state index < -0.39 is 11.4 Å². The van der Waals surface area contributed by atoms with E-state index >= 15 is 0 Å². The number of hydrogen-bond acceptors (Lipinski definition) is 5. The summed E-state index contributed by atoms with van der Waals surface area (Å²) in [5.41, 5.74) is 0.0754. The molecular weight excluding hydrogens is 410 g/mol. The zero-order valence-electron chi connectivity index (χ0n) is 17.5. The van der Waals surface area contributed by atoms with Gasteiger partial charge in [-0.05, 0) is 11.5 Å². The van der Waals surface area contributed by atoms with Crippen LogP contribution in [0.2, 0.25) is 5.02 Å². The molecule has 1 N–H and O–H groups in total. The molecule has 0 saturated heterocycles. The number of carbonyl (C=O) groups is 1. The SMILES string of the molecule is COCCCOc1cc2c(cc1Cl)-c1cc(=O)c(C(=O)O)cn1C(C(C)(C)C)CO2. The third-order valence-electron chi connectivity index (χ3n) is 5.10. The Morgan fingerprint density at radius 2 is 2.03 bits per heavy atom. The Bertz CT molecular complexity index is 1010. The molecular formula is C22H26ClNO6. The molecule has 8 heteroatoms. The molecule has 0 spiro atoms. The average molecular weight is 436 g/mol. The van der Waals surface area contributed by atoms with Crippen molar-refractivity contribution in [3.8, 4) is 22.8 Å². The molecule has 1 unspecified atom stereocenters. The van der Waals surface area contributed by atoms with Gasteiger partial charge in [0.2, 0.25) is 0 Å². The third-order valence-corrected chi connectivity index (χ3v) is 5.40. The highest BCUT2D eigenvalue weighted by Crippen LogP contribution is 2.44. The number of methoxy groups -OCH3 is 1. The number of fused-ring (bicyclic) bond motifs is 3. The molecule has 30 heavy (non-hydrogen) atoms. The lowest BCUT2D eigenvalue weighted by Gasteiger charge is -2.32. The second-order valence-electron chi connectivity index (χ2n) is 8.32. The van der Waals surface area contributed by atoms with E-state index in [0.717, 1.165) is 0 Å². The lowest BCUT2D eigenvalue weighted by Crippen LogP contribution is -2.31. The fourth-order valence-electron chi connectivity index (χ4n) is 3.45. The molecule has 2 aromatic rings. The van der Waals surface area contributed by atoms with Crippen LogP contribution >= 0.6 is 11.6 Å². The number of aromatic carboxylic acids is 1. The Labute approximate surface area is 180 Å². The van der Waals surface area contributed by atoms with Crippen LogP contribution in [-0.4, -0.2) is 42.6 Å². The maximum absolute atomic E-state index is 12.5. The minimum Gasteiger partial charge on any atom is -0.492 e. The second kappa shape index (κ2) is 8.70. The summed E-state index contributed by atoms with van der Waals surface area (Å²) < 4.78 is 18.7. The van der Waals surface area contributed by atoms with Gasteiger partial charge in [-0.3, -0.25) is 4.79 Å². The van der Waals surface area contributed by atoms with Crippen molar-refractivity contribution in [2.75, 3.05) is 26.9 Å². The minimum absolute atomic E-state index is 0.205. The smallest absolute Gasteiger partial charge is 0.341 e. The fraction of sp³-hybridized carbons (Fsp3) is 0.455. The molecule has 0 amide bonds. The quantitative estimate of drug-likeness (QED) is 0.682. The van der Waals surface area contributed by atoms with Gasteiger partial charge in [-0.25, -0.2) is 4.79 Å². The molecule has 1 aliphatic heterocycles. The van der Waals surface area contributed by atoms with Crippen LogP contribution in [-0.2, 0) is 4.74 Å². The molecule has 0 fully saturated rings. The predicted molar refractivity (Wildman–Crippen MR) is 114 cm³/mol. The van der Waals surface area contributed by atoms with Gasteiger partial charge in [0.15, 0.2) is 5.43 Å². The molecule has 0 aliphatic carbocycles. The first-order valence-corrected chi connectivity index (χ1v) is 10.1. The number of rotatable bonds is 6. The molecule has 2 heterocycles. The van der Waals surface area contributed by atoms with Crippen LogP contribution in [0, 0.1) is 5.41 Å². The summed E-state index contributed by atoms with van der Waals surface area (Å²) in [7, 11) is 1.63. The minimum atomic E-state index is -1.26. The van der Waals surface area contributed by atoms with Gasteiger partial charge in [0, 0.05) is 44.0 Å². The summed E-state index contributed by atoms with van der Waals surface area (Å²) in [5, 5.41) is 9.81. The van der Waals surface area contributed by atoms with Crippen molar-refractivity contribution in [2.45, 2.75) is 33.2 Å². The number of aromatic nitrogens is 1. The maximum Gasteiger partial charge on any atom is 0.341 e. The van der Waals surface area contributed by atoms with Gasteiger partial charge >= 0.3 is 5.97 Å². The number of carboxylic acids is 1.